The first kappa shape index (κ1) is 13.4. The highest BCUT2D eigenvalue weighted by atomic mass is 16.3. The molecule has 84 valence electrons. The monoisotopic (exact) mass is 203 g/mol. The molecular formula is C10H21NO3. The Morgan fingerprint density at radius 1 is 1.43 bits per heavy atom. The van der Waals surface area contributed by atoms with E-state index in [2.05, 4.69) is 5.32 Å². The molecule has 0 heterocycles. The molecule has 2 atom stereocenters. The van der Waals surface area contributed by atoms with Crippen LogP contribution in [0.4, 0.5) is 0 Å². The Labute approximate surface area is 85.3 Å². The topological polar surface area (TPSA) is 69.6 Å². The van der Waals surface area contributed by atoms with Crippen LogP contribution < -0.4 is 5.32 Å². The number of aliphatic hydroxyl groups excluding tert-OH is 2. The number of rotatable bonds is 4. The number of aliphatic hydroxyl groups is 2. The van der Waals surface area contributed by atoms with Gasteiger partial charge in [-0.2, -0.15) is 0 Å². The molecule has 0 spiro atoms. The van der Waals surface area contributed by atoms with Crippen molar-refractivity contribution in [3.63, 3.8) is 0 Å². The van der Waals surface area contributed by atoms with Crippen LogP contribution in [0.3, 0.4) is 0 Å². The zero-order valence-electron chi connectivity index (χ0n) is 9.37. The number of amides is 1. The minimum absolute atomic E-state index is 0.0890. The summed E-state index contributed by atoms with van der Waals surface area (Å²) in [5.41, 5.74) is -0.0890. The first-order valence-corrected chi connectivity index (χ1v) is 4.85. The summed E-state index contributed by atoms with van der Waals surface area (Å²) < 4.78 is 0. The van der Waals surface area contributed by atoms with Gasteiger partial charge < -0.3 is 15.5 Å². The van der Waals surface area contributed by atoms with Crippen LogP contribution in [0.15, 0.2) is 0 Å². The standard InChI is InChI=1S/C10H21NO3/c1-7(10(2,3)4)9(14)11-5-8(13)6-12/h7-8,12-13H,5-6H2,1-4H3,(H,11,14)/t7-,8+/m1/s1. The van der Waals surface area contributed by atoms with E-state index in [4.69, 9.17) is 10.2 Å². The highest BCUT2D eigenvalue weighted by Crippen LogP contribution is 2.25. The van der Waals surface area contributed by atoms with E-state index in [0.29, 0.717) is 0 Å². The van der Waals surface area contributed by atoms with Gasteiger partial charge in [-0.3, -0.25) is 4.79 Å². The van der Waals surface area contributed by atoms with Crippen molar-refractivity contribution in [3.05, 3.63) is 0 Å². The molecule has 0 aliphatic carbocycles. The fourth-order valence-electron chi connectivity index (χ4n) is 0.829. The van der Waals surface area contributed by atoms with Gasteiger partial charge in [-0.1, -0.05) is 27.7 Å². The molecule has 0 saturated carbocycles. The van der Waals surface area contributed by atoms with E-state index in [1.807, 2.05) is 27.7 Å². The molecule has 0 radical (unpaired) electrons. The first-order chi connectivity index (χ1) is 6.29. The van der Waals surface area contributed by atoms with E-state index >= 15 is 0 Å². The summed E-state index contributed by atoms with van der Waals surface area (Å²) in [7, 11) is 0. The first-order valence-electron chi connectivity index (χ1n) is 4.85. The summed E-state index contributed by atoms with van der Waals surface area (Å²) in [4.78, 5) is 11.5. The van der Waals surface area contributed by atoms with Crippen molar-refractivity contribution >= 4 is 5.91 Å². The van der Waals surface area contributed by atoms with E-state index < -0.39 is 6.10 Å². The number of carbonyl (C=O) groups excluding carboxylic acids is 1. The second-order valence-corrected chi connectivity index (χ2v) is 4.67. The zero-order valence-corrected chi connectivity index (χ0v) is 9.37. The van der Waals surface area contributed by atoms with E-state index in [1.54, 1.807) is 0 Å². The molecule has 3 N–H and O–H groups in total. The van der Waals surface area contributed by atoms with Crippen LogP contribution in [0, 0.1) is 11.3 Å². The molecule has 0 aromatic heterocycles. The molecule has 4 nitrogen and oxygen atoms in total. The molecule has 0 saturated heterocycles. The molecule has 0 unspecified atom stereocenters. The van der Waals surface area contributed by atoms with Crippen molar-refractivity contribution in [3.8, 4) is 0 Å². The van der Waals surface area contributed by atoms with Gasteiger partial charge in [-0.15, -0.1) is 0 Å². The van der Waals surface area contributed by atoms with Gasteiger partial charge in [-0.25, -0.2) is 0 Å². The number of hydrogen-bond acceptors (Lipinski definition) is 3. The van der Waals surface area contributed by atoms with Gasteiger partial charge in [0.2, 0.25) is 5.91 Å². The Kier molecular flexibility index (Phi) is 5.08. The Balaban J connectivity index is 3.97. The maximum atomic E-state index is 11.5. The summed E-state index contributed by atoms with van der Waals surface area (Å²) >= 11 is 0. The molecule has 14 heavy (non-hydrogen) atoms. The molecule has 1 amide bonds. The predicted octanol–water partition coefficient (Wildman–Crippen LogP) is 0.138. The zero-order chi connectivity index (χ0) is 11.4. The van der Waals surface area contributed by atoms with Crippen LogP contribution in [-0.4, -0.2) is 35.4 Å². The largest absolute Gasteiger partial charge is 0.394 e. The number of nitrogens with one attached hydrogen (secondary N) is 1. The highest BCUT2D eigenvalue weighted by molar-refractivity contribution is 5.78. The smallest absolute Gasteiger partial charge is 0.223 e. The molecular weight excluding hydrogens is 182 g/mol. The summed E-state index contributed by atoms with van der Waals surface area (Å²) in [5, 5.41) is 20.2. The normalized spacial score (nSPS) is 16.1. The van der Waals surface area contributed by atoms with Crippen molar-refractivity contribution in [2.24, 2.45) is 11.3 Å². The van der Waals surface area contributed by atoms with Crippen LogP contribution in [0.2, 0.25) is 0 Å². The van der Waals surface area contributed by atoms with E-state index in [1.165, 1.54) is 0 Å². The van der Waals surface area contributed by atoms with E-state index in [0.717, 1.165) is 0 Å². The molecule has 0 aromatic carbocycles. The Hall–Kier alpha value is -0.610. The minimum Gasteiger partial charge on any atom is -0.394 e. The van der Waals surface area contributed by atoms with Gasteiger partial charge in [0.15, 0.2) is 0 Å². The molecule has 0 bridgehead atoms. The van der Waals surface area contributed by atoms with Gasteiger partial charge in [0.05, 0.1) is 12.7 Å². The lowest BCUT2D eigenvalue weighted by molar-refractivity contribution is -0.128. The van der Waals surface area contributed by atoms with Crippen LogP contribution >= 0.6 is 0 Å². The second kappa shape index (κ2) is 5.32. The van der Waals surface area contributed by atoms with Gasteiger partial charge in [0.1, 0.15) is 0 Å². The SMILES string of the molecule is C[C@H](C(=O)NC[C@H](O)CO)C(C)(C)C. The molecule has 0 aliphatic rings. The fourth-order valence-corrected chi connectivity index (χ4v) is 0.829. The average Bonchev–Trinajstić information content (AvgIpc) is 2.10. The van der Waals surface area contributed by atoms with Crippen LogP contribution in [0.1, 0.15) is 27.7 Å². The molecule has 0 aliphatic heterocycles. The van der Waals surface area contributed by atoms with Gasteiger partial charge in [0.25, 0.3) is 0 Å². The Morgan fingerprint density at radius 3 is 2.29 bits per heavy atom. The molecule has 0 fully saturated rings. The third-order valence-corrected chi connectivity index (χ3v) is 2.41. The van der Waals surface area contributed by atoms with Crippen molar-refractivity contribution in [2.45, 2.75) is 33.8 Å². The summed E-state index contributed by atoms with van der Waals surface area (Å²) in [5.74, 6) is -0.210. The van der Waals surface area contributed by atoms with Crippen molar-refractivity contribution in [1.29, 1.82) is 0 Å². The van der Waals surface area contributed by atoms with Crippen molar-refractivity contribution < 1.29 is 15.0 Å². The van der Waals surface area contributed by atoms with Crippen molar-refractivity contribution in [1.82, 2.24) is 5.32 Å². The Bertz CT molecular complexity index is 186. The number of hydrogen-bond donors (Lipinski definition) is 3. The van der Waals surface area contributed by atoms with Crippen molar-refractivity contribution in [2.75, 3.05) is 13.2 Å². The maximum Gasteiger partial charge on any atom is 0.223 e. The van der Waals surface area contributed by atoms with Crippen LogP contribution in [-0.2, 0) is 4.79 Å². The van der Waals surface area contributed by atoms with Gasteiger partial charge in [-0.05, 0) is 5.41 Å². The van der Waals surface area contributed by atoms with E-state index in [9.17, 15) is 4.79 Å². The maximum absolute atomic E-state index is 11.5. The Morgan fingerprint density at radius 2 is 1.93 bits per heavy atom. The fraction of sp³-hybridized carbons (Fsp3) is 0.900. The van der Waals surface area contributed by atoms with Gasteiger partial charge >= 0.3 is 0 Å². The lowest BCUT2D eigenvalue weighted by Crippen LogP contribution is -2.40. The number of carbonyl (C=O) groups is 1. The molecule has 4 heteroatoms. The third-order valence-electron chi connectivity index (χ3n) is 2.41. The summed E-state index contributed by atoms with van der Waals surface area (Å²) in [6.07, 6.45) is -0.869. The summed E-state index contributed by atoms with van der Waals surface area (Å²) in [6.45, 7) is 7.58. The van der Waals surface area contributed by atoms with Crippen LogP contribution in [0.25, 0.3) is 0 Å². The molecule has 0 aromatic rings. The lowest BCUT2D eigenvalue weighted by atomic mass is 9.81. The minimum atomic E-state index is -0.869. The second-order valence-electron chi connectivity index (χ2n) is 4.67. The predicted molar refractivity (Wildman–Crippen MR) is 54.7 cm³/mol. The van der Waals surface area contributed by atoms with Gasteiger partial charge in [0, 0.05) is 12.5 Å². The average molecular weight is 203 g/mol. The van der Waals surface area contributed by atoms with E-state index in [-0.39, 0.29) is 30.4 Å². The highest BCUT2D eigenvalue weighted by Gasteiger charge is 2.26. The van der Waals surface area contributed by atoms with Crippen LogP contribution in [0.5, 0.6) is 0 Å². The third kappa shape index (κ3) is 4.58. The summed E-state index contributed by atoms with van der Waals surface area (Å²) in [6, 6.07) is 0. The quantitative estimate of drug-likeness (QED) is 0.608. The lowest BCUT2D eigenvalue weighted by Gasteiger charge is -2.26. The molecule has 0 rings (SSSR count).